The highest BCUT2D eigenvalue weighted by atomic mass is 32.1. The summed E-state index contributed by atoms with van der Waals surface area (Å²) in [5.41, 5.74) is 5.47. The van der Waals surface area contributed by atoms with Crippen LogP contribution in [-0.4, -0.2) is 29.3 Å². The molecule has 0 aliphatic carbocycles. The summed E-state index contributed by atoms with van der Waals surface area (Å²) in [6.45, 7) is 1.77. The molecule has 3 N–H and O–H groups in total. The number of aryl methyl sites for hydroxylation is 1. The van der Waals surface area contributed by atoms with Crippen molar-refractivity contribution in [2.75, 3.05) is 5.73 Å². The number of rotatable bonds is 2. The van der Waals surface area contributed by atoms with E-state index in [1.165, 1.54) is 17.7 Å². The van der Waals surface area contributed by atoms with Crippen molar-refractivity contribution in [3.63, 3.8) is 0 Å². The standard InChI is InChI=1S/C15H10F3N7S/c1-6-22-13(26-25-6)10-3-2-7-8(4-20-12(7)23-10)11-9(15(16,17)18)5-21-14(19)24-11/h2-5H,1H3,(H,20,23)(H2,19,21,24). The number of aromatic nitrogens is 6. The summed E-state index contributed by atoms with van der Waals surface area (Å²) >= 11 is 1.20. The fraction of sp³-hybridized carbons (Fsp3) is 0.133. The van der Waals surface area contributed by atoms with Crippen LogP contribution in [-0.2, 0) is 6.18 Å². The van der Waals surface area contributed by atoms with Gasteiger partial charge in [-0.25, -0.2) is 19.9 Å². The van der Waals surface area contributed by atoms with Gasteiger partial charge in [0.05, 0.1) is 5.69 Å². The predicted octanol–water partition coefficient (Wildman–Crippen LogP) is 3.45. The molecule has 0 atom stereocenters. The molecule has 0 fully saturated rings. The minimum absolute atomic E-state index is 0.240. The monoisotopic (exact) mass is 377 g/mol. The number of hydrogen-bond acceptors (Lipinski definition) is 7. The molecule has 0 aliphatic rings. The van der Waals surface area contributed by atoms with Gasteiger partial charge < -0.3 is 10.7 Å². The molecule has 0 saturated carbocycles. The van der Waals surface area contributed by atoms with Crippen molar-refractivity contribution in [1.29, 1.82) is 0 Å². The first-order chi connectivity index (χ1) is 12.3. The van der Waals surface area contributed by atoms with E-state index in [-0.39, 0.29) is 17.2 Å². The zero-order valence-corrected chi connectivity index (χ0v) is 14.0. The van der Waals surface area contributed by atoms with E-state index in [1.807, 2.05) is 0 Å². The van der Waals surface area contributed by atoms with Gasteiger partial charge in [-0.2, -0.15) is 17.5 Å². The Bertz CT molecular complexity index is 1120. The second-order valence-electron chi connectivity index (χ2n) is 5.43. The van der Waals surface area contributed by atoms with Gasteiger partial charge in [-0.15, -0.1) is 0 Å². The van der Waals surface area contributed by atoms with E-state index in [0.29, 0.717) is 33.8 Å². The third-order valence-electron chi connectivity index (χ3n) is 3.65. The van der Waals surface area contributed by atoms with Gasteiger partial charge in [0.1, 0.15) is 22.7 Å². The largest absolute Gasteiger partial charge is 0.419 e. The van der Waals surface area contributed by atoms with Crippen LogP contribution in [0.2, 0.25) is 0 Å². The number of nitrogen functional groups attached to an aromatic ring is 1. The Balaban J connectivity index is 1.88. The number of pyridine rings is 1. The fourth-order valence-electron chi connectivity index (χ4n) is 2.53. The van der Waals surface area contributed by atoms with Gasteiger partial charge in [-0.05, 0) is 30.6 Å². The molecule has 0 aliphatic heterocycles. The molecule has 0 saturated heterocycles. The lowest BCUT2D eigenvalue weighted by Gasteiger charge is -2.11. The molecule has 4 rings (SSSR count). The van der Waals surface area contributed by atoms with Crippen LogP contribution in [0.1, 0.15) is 11.4 Å². The van der Waals surface area contributed by atoms with Crippen molar-refractivity contribution in [2.45, 2.75) is 13.1 Å². The van der Waals surface area contributed by atoms with E-state index >= 15 is 0 Å². The molecule has 7 nitrogen and oxygen atoms in total. The van der Waals surface area contributed by atoms with Crippen LogP contribution in [0.15, 0.2) is 24.5 Å². The lowest BCUT2D eigenvalue weighted by molar-refractivity contribution is -0.137. The quantitative estimate of drug-likeness (QED) is 0.554. The van der Waals surface area contributed by atoms with Gasteiger partial charge in [0, 0.05) is 23.3 Å². The molecule has 0 spiro atoms. The zero-order valence-electron chi connectivity index (χ0n) is 13.2. The van der Waals surface area contributed by atoms with Crippen LogP contribution in [0.4, 0.5) is 19.1 Å². The molecular weight excluding hydrogens is 367 g/mol. The van der Waals surface area contributed by atoms with E-state index in [1.54, 1.807) is 19.1 Å². The minimum atomic E-state index is -4.61. The number of aromatic amines is 1. The number of halogens is 3. The normalized spacial score (nSPS) is 12.0. The van der Waals surface area contributed by atoms with Crippen molar-refractivity contribution in [2.24, 2.45) is 0 Å². The highest BCUT2D eigenvalue weighted by molar-refractivity contribution is 7.09. The molecule has 132 valence electrons. The van der Waals surface area contributed by atoms with Gasteiger partial charge in [-0.1, -0.05) is 0 Å². The maximum Gasteiger partial charge on any atom is 0.419 e. The second kappa shape index (κ2) is 5.73. The average Bonchev–Trinajstić information content (AvgIpc) is 3.19. The van der Waals surface area contributed by atoms with Crippen LogP contribution in [0.3, 0.4) is 0 Å². The molecule has 26 heavy (non-hydrogen) atoms. The Morgan fingerprint density at radius 1 is 1.15 bits per heavy atom. The molecular formula is C15H10F3N7S. The molecule has 4 heterocycles. The summed E-state index contributed by atoms with van der Waals surface area (Å²) in [4.78, 5) is 18.8. The van der Waals surface area contributed by atoms with Gasteiger partial charge in [0.25, 0.3) is 0 Å². The van der Waals surface area contributed by atoms with Crippen LogP contribution in [0, 0.1) is 6.92 Å². The first-order valence-corrected chi connectivity index (χ1v) is 8.09. The van der Waals surface area contributed by atoms with Crippen LogP contribution < -0.4 is 5.73 Å². The summed E-state index contributed by atoms with van der Waals surface area (Å²) in [5.74, 6) is 0.390. The Kier molecular flexibility index (Phi) is 3.61. The Hall–Kier alpha value is -3.08. The average molecular weight is 377 g/mol. The van der Waals surface area contributed by atoms with E-state index in [9.17, 15) is 13.2 Å². The van der Waals surface area contributed by atoms with Gasteiger partial charge >= 0.3 is 6.18 Å². The summed E-state index contributed by atoms with van der Waals surface area (Å²) in [5, 5.41) is 1.11. The number of H-pyrrole nitrogens is 1. The van der Waals surface area contributed by atoms with Crippen molar-refractivity contribution in [3.05, 3.63) is 35.9 Å². The summed E-state index contributed by atoms with van der Waals surface area (Å²) in [6, 6.07) is 3.34. The van der Waals surface area contributed by atoms with E-state index in [0.717, 1.165) is 0 Å². The summed E-state index contributed by atoms with van der Waals surface area (Å²) < 4.78 is 44.0. The molecule has 0 radical (unpaired) electrons. The molecule has 0 amide bonds. The number of nitrogens with one attached hydrogen (secondary N) is 1. The number of anilines is 1. The zero-order chi connectivity index (χ0) is 18.5. The van der Waals surface area contributed by atoms with Crippen molar-refractivity contribution < 1.29 is 13.2 Å². The minimum Gasteiger partial charge on any atom is -0.368 e. The fourth-order valence-corrected chi connectivity index (χ4v) is 3.17. The smallest absolute Gasteiger partial charge is 0.368 e. The van der Waals surface area contributed by atoms with Crippen LogP contribution >= 0.6 is 11.5 Å². The molecule has 4 aromatic rings. The highest BCUT2D eigenvalue weighted by Crippen LogP contribution is 2.38. The topological polar surface area (TPSA) is 106 Å². The number of nitrogens with zero attached hydrogens (tertiary/aromatic N) is 5. The van der Waals surface area contributed by atoms with Gasteiger partial charge in [-0.3, -0.25) is 0 Å². The predicted molar refractivity (Wildman–Crippen MR) is 90.2 cm³/mol. The number of alkyl halides is 3. The molecule has 11 heteroatoms. The molecule has 4 aromatic heterocycles. The van der Waals surface area contributed by atoms with Crippen molar-refractivity contribution in [1.82, 2.24) is 29.3 Å². The SMILES string of the molecule is Cc1nsc(-c2ccc3c(-c4nc(N)ncc4C(F)(F)F)c[nH]c3n2)n1. The lowest BCUT2D eigenvalue weighted by Crippen LogP contribution is -2.10. The van der Waals surface area contributed by atoms with Gasteiger partial charge in [0.15, 0.2) is 5.01 Å². The van der Waals surface area contributed by atoms with Crippen LogP contribution in [0.25, 0.3) is 33.0 Å². The summed E-state index contributed by atoms with van der Waals surface area (Å²) in [6.07, 6.45) is -2.50. The van der Waals surface area contributed by atoms with Crippen molar-refractivity contribution in [3.8, 4) is 22.0 Å². The van der Waals surface area contributed by atoms with E-state index < -0.39 is 11.7 Å². The molecule has 0 bridgehead atoms. The van der Waals surface area contributed by atoms with Crippen molar-refractivity contribution >= 4 is 28.5 Å². The van der Waals surface area contributed by atoms with E-state index in [4.69, 9.17) is 5.73 Å². The first-order valence-electron chi connectivity index (χ1n) is 7.32. The number of hydrogen-bond donors (Lipinski definition) is 2. The second-order valence-corrected chi connectivity index (χ2v) is 6.18. The highest BCUT2D eigenvalue weighted by Gasteiger charge is 2.36. The number of nitrogens with two attached hydrogens (primary N) is 1. The third-order valence-corrected chi connectivity index (χ3v) is 4.48. The van der Waals surface area contributed by atoms with E-state index in [2.05, 4.69) is 29.3 Å². The lowest BCUT2D eigenvalue weighted by atomic mass is 10.1. The Morgan fingerprint density at radius 2 is 1.96 bits per heavy atom. The first kappa shape index (κ1) is 16.4. The number of fused-ring (bicyclic) bond motifs is 1. The third kappa shape index (κ3) is 2.75. The van der Waals surface area contributed by atoms with Gasteiger partial charge in [0.2, 0.25) is 5.95 Å². The Morgan fingerprint density at radius 3 is 2.65 bits per heavy atom. The maximum absolute atomic E-state index is 13.3. The summed E-state index contributed by atoms with van der Waals surface area (Å²) in [7, 11) is 0. The molecule has 0 aromatic carbocycles. The molecule has 0 unspecified atom stereocenters. The van der Waals surface area contributed by atoms with Crippen LogP contribution in [0.5, 0.6) is 0 Å². The maximum atomic E-state index is 13.3. The Labute approximate surface area is 148 Å².